The molecule has 1 aromatic heterocycles. The highest BCUT2D eigenvalue weighted by atomic mass is 16.5. The first-order chi connectivity index (χ1) is 15.6. The van der Waals surface area contributed by atoms with E-state index in [4.69, 9.17) is 9.15 Å². The van der Waals surface area contributed by atoms with Crippen molar-refractivity contribution in [3.8, 4) is 5.75 Å². The Morgan fingerprint density at radius 2 is 1.72 bits per heavy atom. The molecule has 0 saturated carbocycles. The topological polar surface area (TPSA) is 80.6 Å². The summed E-state index contributed by atoms with van der Waals surface area (Å²) in [5.74, 6) is 0.651. The summed E-state index contributed by atoms with van der Waals surface area (Å²) in [6.07, 6.45) is 1.33. The van der Waals surface area contributed by atoms with E-state index in [1.807, 2.05) is 49.4 Å². The first kappa shape index (κ1) is 21.2. The molecule has 6 nitrogen and oxygen atoms in total. The van der Waals surface area contributed by atoms with Crippen LogP contribution in [-0.4, -0.2) is 17.9 Å². The summed E-state index contributed by atoms with van der Waals surface area (Å²) in [6, 6.07) is 24.1. The Morgan fingerprint density at radius 1 is 0.938 bits per heavy atom. The van der Waals surface area contributed by atoms with Crippen molar-refractivity contribution in [3.05, 3.63) is 96.4 Å². The predicted molar refractivity (Wildman–Crippen MR) is 124 cm³/mol. The summed E-state index contributed by atoms with van der Waals surface area (Å²) < 4.78 is 11.2. The average Bonchev–Trinajstić information content (AvgIpc) is 3.35. The number of rotatable bonds is 8. The van der Waals surface area contributed by atoms with Crippen LogP contribution in [0.4, 0.5) is 5.69 Å². The fourth-order valence-electron chi connectivity index (χ4n) is 3.41. The van der Waals surface area contributed by atoms with Gasteiger partial charge in [-0.2, -0.15) is 0 Å². The number of carbonyl (C=O) groups is 2. The minimum atomic E-state index is -0.699. The molecule has 162 valence electrons. The maximum Gasteiger partial charge on any atom is 0.265 e. The second kappa shape index (κ2) is 9.83. The molecular weight excluding hydrogens is 404 g/mol. The molecule has 1 heterocycles. The van der Waals surface area contributed by atoms with Gasteiger partial charge in [0.2, 0.25) is 0 Å². The Labute approximate surface area is 186 Å². The molecule has 0 aliphatic carbocycles. The fourth-order valence-corrected chi connectivity index (χ4v) is 3.41. The van der Waals surface area contributed by atoms with Gasteiger partial charge in [0, 0.05) is 0 Å². The number of para-hydroxylation sites is 1. The maximum absolute atomic E-state index is 12.9. The SMILES string of the molecule is CC[C@H](Oc1ccc2ccccc2c1)C(=O)Nc1ccccc1C(=O)NCc1ccco1. The Balaban J connectivity index is 1.45. The third-order valence-electron chi connectivity index (χ3n) is 5.10. The predicted octanol–water partition coefficient (Wildman–Crippen LogP) is 5.16. The molecule has 4 rings (SSSR count). The van der Waals surface area contributed by atoms with E-state index in [9.17, 15) is 9.59 Å². The van der Waals surface area contributed by atoms with Gasteiger partial charge in [-0.15, -0.1) is 0 Å². The van der Waals surface area contributed by atoms with E-state index in [0.29, 0.717) is 29.2 Å². The number of anilines is 1. The quantitative estimate of drug-likeness (QED) is 0.406. The molecular formula is C26H24N2O4. The van der Waals surface area contributed by atoms with Gasteiger partial charge in [-0.25, -0.2) is 0 Å². The highest BCUT2D eigenvalue weighted by molar-refractivity contribution is 6.04. The molecule has 2 amide bonds. The minimum Gasteiger partial charge on any atom is -0.481 e. The first-order valence-corrected chi connectivity index (χ1v) is 10.5. The third kappa shape index (κ3) is 4.98. The molecule has 0 fully saturated rings. The molecule has 0 bridgehead atoms. The van der Waals surface area contributed by atoms with Gasteiger partial charge in [0.1, 0.15) is 11.5 Å². The van der Waals surface area contributed by atoms with E-state index in [2.05, 4.69) is 10.6 Å². The molecule has 6 heteroatoms. The van der Waals surface area contributed by atoms with Gasteiger partial charge in [-0.1, -0.05) is 49.4 Å². The van der Waals surface area contributed by atoms with Gasteiger partial charge in [-0.05, 0) is 53.6 Å². The number of furan rings is 1. The van der Waals surface area contributed by atoms with Crippen LogP contribution >= 0.6 is 0 Å². The molecule has 3 aromatic carbocycles. The Hall–Kier alpha value is -4.06. The van der Waals surface area contributed by atoms with Gasteiger partial charge in [0.05, 0.1) is 24.1 Å². The Morgan fingerprint density at radius 3 is 2.50 bits per heavy atom. The Bertz CT molecular complexity index is 1220. The van der Waals surface area contributed by atoms with Crippen molar-refractivity contribution >= 4 is 28.3 Å². The normalized spacial score (nSPS) is 11.7. The molecule has 0 radical (unpaired) electrons. The highest BCUT2D eigenvalue weighted by Gasteiger charge is 2.21. The maximum atomic E-state index is 12.9. The lowest BCUT2D eigenvalue weighted by atomic mass is 10.1. The second-order valence-corrected chi connectivity index (χ2v) is 7.32. The Kier molecular flexibility index (Phi) is 6.51. The van der Waals surface area contributed by atoms with Crippen molar-refractivity contribution < 1.29 is 18.7 Å². The third-order valence-corrected chi connectivity index (χ3v) is 5.10. The van der Waals surface area contributed by atoms with Gasteiger partial charge in [-0.3, -0.25) is 9.59 Å². The van der Waals surface area contributed by atoms with Crippen LogP contribution in [0.15, 0.2) is 89.5 Å². The zero-order valence-electron chi connectivity index (χ0n) is 17.7. The van der Waals surface area contributed by atoms with Crippen LogP contribution in [0, 0.1) is 0 Å². The summed E-state index contributed by atoms with van der Waals surface area (Å²) in [7, 11) is 0. The van der Waals surface area contributed by atoms with E-state index < -0.39 is 6.10 Å². The van der Waals surface area contributed by atoms with E-state index in [-0.39, 0.29) is 18.4 Å². The lowest BCUT2D eigenvalue weighted by Crippen LogP contribution is -2.33. The highest BCUT2D eigenvalue weighted by Crippen LogP contribution is 2.23. The van der Waals surface area contributed by atoms with Crippen molar-refractivity contribution in [2.75, 3.05) is 5.32 Å². The van der Waals surface area contributed by atoms with E-state index >= 15 is 0 Å². The number of benzene rings is 3. The van der Waals surface area contributed by atoms with Crippen molar-refractivity contribution in [2.45, 2.75) is 26.0 Å². The number of ether oxygens (including phenoxy) is 1. The molecule has 0 aliphatic rings. The summed E-state index contributed by atoms with van der Waals surface area (Å²) >= 11 is 0. The van der Waals surface area contributed by atoms with Gasteiger partial charge in [0.25, 0.3) is 11.8 Å². The molecule has 32 heavy (non-hydrogen) atoms. The van der Waals surface area contributed by atoms with Gasteiger partial charge < -0.3 is 19.8 Å². The lowest BCUT2D eigenvalue weighted by molar-refractivity contribution is -0.122. The molecule has 2 N–H and O–H groups in total. The minimum absolute atomic E-state index is 0.261. The molecule has 0 saturated heterocycles. The molecule has 0 aliphatic heterocycles. The van der Waals surface area contributed by atoms with E-state index in [0.717, 1.165) is 10.8 Å². The zero-order valence-corrected chi connectivity index (χ0v) is 17.7. The van der Waals surface area contributed by atoms with Crippen LogP contribution < -0.4 is 15.4 Å². The van der Waals surface area contributed by atoms with Crippen LogP contribution in [-0.2, 0) is 11.3 Å². The average molecular weight is 428 g/mol. The number of hydrogen-bond donors (Lipinski definition) is 2. The fraction of sp³-hybridized carbons (Fsp3) is 0.154. The summed E-state index contributed by atoms with van der Waals surface area (Å²) in [5.41, 5.74) is 0.794. The summed E-state index contributed by atoms with van der Waals surface area (Å²) in [4.78, 5) is 25.6. The number of fused-ring (bicyclic) bond motifs is 1. The zero-order chi connectivity index (χ0) is 22.3. The number of hydrogen-bond acceptors (Lipinski definition) is 4. The van der Waals surface area contributed by atoms with Crippen molar-refractivity contribution in [2.24, 2.45) is 0 Å². The lowest BCUT2D eigenvalue weighted by Gasteiger charge is -2.19. The van der Waals surface area contributed by atoms with Crippen LogP contribution in [0.2, 0.25) is 0 Å². The summed E-state index contributed by atoms with van der Waals surface area (Å²) in [6.45, 7) is 2.14. The van der Waals surface area contributed by atoms with Crippen LogP contribution in [0.5, 0.6) is 5.75 Å². The number of nitrogens with one attached hydrogen (secondary N) is 2. The monoisotopic (exact) mass is 428 g/mol. The van der Waals surface area contributed by atoms with Crippen molar-refractivity contribution in [1.82, 2.24) is 5.32 Å². The van der Waals surface area contributed by atoms with E-state index in [1.165, 1.54) is 0 Å². The first-order valence-electron chi connectivity index (χ1n) is 10.5. The van der Waals surface area contributed by atoms with Crippen molar-refractivity contribution in [3.63, 3.8) is 0 Å². The largest absolute Gasteiger partial charge is 0.481 e. The second-order valence-electron chi connectivity index (χ2n) is 7.32. The van der Waals surface area contributed by atoms with Gasteiger partial charge in [0.15, 0.2) is 6.10 Å². The number of amides is 2. The molecule has 1 atom stereocenters. The van der Waals surface area contributed by atoms with E-state index in [1.54, 1.807) is 42.7 Å². The summed E-state index contributed by atoms with van der Waals surface area (Å²) in [5, 5.41) is 7.79. The smallest absolute Gasteiger partial charge is 0.265 e. The van der Waals surface area contributed by atoms with Crippen LogP contribution in [0.25, 0.3) is 10.8 Å². The van der Waals surface area contributed by atoms with Crippen LogP contribution in [0.1, 0.15) is 29.5 Å². The standard InChI is InChI=1S/C26H24N2O4/c1-2-24(32-20-14-13-18-8-3-4-9-19(18)16-20)26(30)28-23-12-6-5-11-22(23)25(29)27-17-21-10-7-15-31-21/h3-16,24H,2,17H2,1H3,(H,27,29)(H,28,30)/t24-/m0/s1. The molecule has 0 unspecified atom stereocenters. The molecule has 0 spiro atoms. The van der Waals surface area contributed by atoms with Crippen LogP contribution in [0.3, 0.4) is 0 Å². The van der Waals surface area contributed by atoms with Crippen molar-refractivity contribution in [1.29, 1.82) is 0 Å². The van der Waals surface area contributed by atoms with Gasteiger partial charge >= 0.3 is 0 Å². The molecule has 4 aromatic rings. The number of carbonyl (C=O) groups excluding carboxylic acids is 2.